The van der Waals surface area contributed by atoms with Crippen LogP contribution < -0.4 is 5.32 Å². The van der Waals surface area contributed by atoms with Crippen LogP contribution in [0.15, 0.2) is 42.7 Å². The number of amides is 1. The molecule has 0 aliphatic carbocycles. The number of aryl methyl sites for hydroxylation is 1. The average Bonchev–Trinajstić information content (AvgIpc) is 2.84. The second-order valence-electron chi connectivity index (χ2n) is 4.95. The fourth-order valence-corrected chi connectivity index (χ4v) is 2.56. The van der Waals surface area contributed by atoms with Crippen LogP contribution in [0.2, 0.25) is 5.02 Å². The lowest BCUT2D eigenvalue weighted by Gasteiger charge is -2.06. The second-order valence-corrected chi connectivity index (χ2v) is 5.35. The van der Waals surface area contributed by atoms with Crippen LogP contribution in [0, 0.1) is 5.82 Å². The molecule has 2 aromatic heterocycles. The summed E-state index contributed by atoms with van der Waals surface area (Å²) in [6, 6.07) is 7.74. The van der Waals surface area contributed by atoms with Crippen molar-refractivity contribution in [3.05, 3.63) is 64.7 Å². The van der Waals surface area contributed by atoms with Crippen LogP contribution in [0.1, 0.15) is 15.9 Å². The number of carbonyl (C=O) groups excluding carboxylic acids is 1. The molecule has 0 saturated carbocycles. The number of nitrogens with zero attached hydrogens (tertiary/aromatic N) is 2. The summed E-state index contributed by atoms with van der Waals surface area (Å²) in [5.74, 6) is -0.626. The van der Waals surface area contributed by atoms with E-state index in [2.05, 4.69) is 10.3 Å². The zero-order valence-corrected chi connectivity index (χ0v) is 12.6. The Morgan fingerprint density at radius 2 is 2.23 bits per heavy atom. The van der Waals surface area contributed by atoms with Crippen LogP contribution in [0.4, 0.5) is 4.39 Å². The molecule has 1 aromatic carbocycles. The first-order chi connectivity index (χ1) is 10.6. The van der Waals surface area contributed by atoms with Gasteiger partial charge < -0.3 is 9.88 Å². The van der Waals surface area contributed by atoms with Gasteiger partial charge in [-0.15, -0.1) is 0 Å². The SMILES string of the molecule is Cn1cc(C(=O)NCc2ccc(F)cc2Cl)c2cccnc21. The van der Waals surface area contributed by atoms with E-state index in [1.807, 2.05) is 13.1 Å². The van der Waals surface area contributed by atoms with Crippen molar-refractivity contribution >= 4 is 28.5 Å². The van der Waals surface area contributed by atoms with Gasteiger partial charge in [-0.3, -0.25) is 4.79 Å². The van der Waals surface area contributed by atoms with Crippen molar-refractivity contribution in [2.24, 2.45) is 7.05 Å². The van der Waals surface area contributed by atoms with Crippen molar-refractivity contribution in [2.75, 3.05) is 0 Å². The van der Waals surface area contributed by atoms with E-state index in [-0.39, 0.29) is 12.5 Å². The van der Waals surface area contributed by atoms with E-state index in [4.69, 9.17) is 11.6 Å². The van der Waals surface area contributed by atoms with Gasteiger partial charge in [0, 0.05) is 36.4 Å². The van der Waals surface area contributed by atoms with Crippen molar-refractivity contribution in [3.63, 3.8) is 0 Å². The van der Waals surface area contributed by atoms with E-state index in [0.717, 1.165) is 11.0 Å². The number of nitrogens with one attached hydrogen (secondary N) is 1. The average molecular weight is 318 g/mol. The van der Waals surface area contributed by atoms with E-state index in [0.29, 0.717) is 16.1 Å². The molecule has 0 fully saturated rings. The predicted octanol–water partition coefficient (Wildman–Crippen LogP) is 3.30. The second kappa shape index (κ2) is 5.77. The molecule has 1 amide bonds. The molecular weight excluding hydrogens is 305 g/mol. The molecule has 0 spiro atoms. The molecule has 0 aliphatic heterocycles. The highest BCUT2D eigenvalue weighted by Gasteiger charge is 2.14. The summed E-state index contributed by atoms with van der Waals surface area (Å²) in [5.41, 5.74) is 1.95. The minimum atomic E-state index is -0.403. The summed E-state index contributed by atoms with van der Waals surface area (Å²) >= 11 is 5.95. The van der Waals surface area contributed by atoms with E-state index >= 15 is 0 Å². The highest BCUT2D eigenvalue weighted by Crippen LogP contribution is 2.19. The third-order valence-corrected chi connectivity index (χ3v) is 3.78. The molecule has 3 rings (SSSR count). The van der Waals surface area contributed by atoms with Gasteiger partial charge in [-0.05, 0) is 29.8 Å². The first-order valence-electron chi connectivity index (χ1n) is 6.68. The van der Waals surface area contributed by atoms with Crippen LogP contribution >= 0.6 is 11.6 Å². The number of pyridine rings is 1. The molecule has 0 bridgehead atoms. The summed E-state index contributed by atoms with van der Waals surface area (Å²) in [6.07, 6.45) is 3.42. The van der Waals surface area contributed by atoms with Gasteiger partial charge >= 0.3 is 0 Å². The van der Waals surface area contributed by atoms with Crippen molar-refractivity contribution < 1.29 is 9.18 Å². The quantitative estimate of drug-likeness (QED) is 0.805. The fraction of sp³-hybridized carbons (Fsp3) is 0.125. The maximum Gasteiger partial charge on any atom is 0.253 e. The summed E-state index contributed by atoms with van der Waals surface area (Å²) in [7, 11) is 1.84. The fourth-order valence-electron chi connectivity index (χ4n) is 2.33. The third kappa shape index (κ3) is 2.67. The lowest BCUT2D eigenvalue weighted by molar-refractivity contribution is 0.0952. The van der Waals surface area contributed by atoms with Crippen LogP contribution in [0.5, 0.6) is 0 Å². The number of aromatic nitrogens is 2. The minimum absolute atomic E-state index is 0.223. The molecule has 0 atom stereocenters. The smallest absolute Gasteiger partial charge is 0.253 e. The number of hydrogen-bond acceptors (Lipinski definition) is 2. The van der Waals surface area contributed by atoms with Gasteiger partial charge in [0.05, 0.1) is 5.56 Å². The molecule has 6 heteroatoms. The lowest BCUT2D eigenvalue weighted by atomic mass is 10.2. The van der Waals surface area contributed by atoms with E-state index in [1.165, 1.54) is 12.1 Å². The number of benzene rings is 1. The van der Waals surface area contributed by atoms with Gasteiger partial charge in [0.25, 0.3) is 5.91 Å². The Morgan fingerprint density at radius 3 is 3.00 bits per heavy atom. The molecule has 22 heavy (non-hydrogen) atoms. The van der Waals surface area contributed by atoms with Crippen molar-refractivity contribution in [2.45, 2.75) is 6.54 Å². The Bertz CT molecular complexity index is 860. The van der Waals surface area contributed by atoms with Crippen LogP contribution in [-0.2, 0) is 13.6 Å². The highest BCUT2D eigenvalue weighted by molar-refractivity contribution is 6.31. The minimum Gasteiger partial charge on any atom is -0.348 e. The Morgan fingerprint density at radius 1 is 1.41 bits per heavy atom. The normalized spacial score (nSPS) is 10.9. The van der Waals surface area contributed by atoms with E-state index < -0.39 is 5.82 Å². The third-order valence-electron chi connectivity index (χ3n) is 3.43. The van der Waals surface area contributed by atoms with Crippen LogP contribution in [-0.4, -0.2) is 15.5 Å². The van der Waals surface area contributed by atoms with Gasteiger partial charge in [-0.1, -0.05) is 17.7 Å². The van der Waals surface area contributed by atoms with Crippen LogP contribution in [0.25, 0.3) is 11.0 Å². The number of hydrogen-bond donors (Lipinski definition) is 1. The summed E-state index contributed by atoms with van der Waals surface area (Å²) in [6.45, 7) is 0.231. The molecule has 2 heterocycles. The zero-order valence-electron chi connectivity index (χ0n) is 11.8. The molecule has 3 aromatic rings. The molecule has 112 valence electrons. The number of rotatable bonds is 3. The largest absolute Gasteiger partial charge is 0.348 e. The molecule has 1 N–H and O–H groups in total. The van der Waals surface area contributed by atoms with Crippen molar-refractivity contribution in [1.82, 2.24) is 14.9 Å². The Kier molecular flexibility index (Phi) is 3.81. The Labute approximate surface area is 131 Å². The summed E-state index contributed by atoms with van der Waals surface area (Å²) in [4.78, 5) is 16.6. The van der Waals surface area contributed by atoms with E-state index in [9.17, 15) is 9.18 Å². The van der Waals surface area contributed by atoms with Gasteiger partial charge in [0.1, 0.15) is 11.5 Å². The maximum absolute atomic E-state index is 13.0. The molecular formula is C16H13ClFN3O. The molecule has 0 aliphatic rings. The number of halogens is 2. The first kappa shape index (κ1) is 14.5. The number of fused-ring (bicyclic) bond motifs is 1. The Hall–Kier alpha value is -2.40. The maximum atomic E-state index is 13.0. The number of carbonyl (C=O) groups is 1. The van der Waals surface area contributed by atoms with Gasteiger partial charge in [-0.2, -0.15) is 0 Å². The molecule has 4 nitrogen and oxygen atoms in total. The van der Waals surface area contributed by atoms with Crippen molar-refractivity contribution in [1.29, 1.82) is 0 Å². The summed E-state index contributed by atoms with van der Waals surface area (Å²) in [5, 5.41) is 3.87. The first-order valence-corrected chi connectivity index (χ1v) is 7.06. The van der Waals surface area contributed by atoms with E-state index in [1.54, 1.807) is 29.1 Å². The highest BCUT2D eigenvalue weighted by atomic mass is 35.5. The zero-order chi connectivity index (χ0) is 15.7. The topological polar surface area (TPSA) is 46.9 Å². The van der Waals surface area contributed by atoms with Gasteiger partial charge in [0.15, 0.2) is 0 Å². The Balaban J connectivity index is 1.82. The standard InChI is InChI=1S/C16H13ClFN3O/c1-21-9-13(12-3-2-6-19-15(12)21)16(22)20-8-10-4-5-11(18)7-14(10)17/h2-7,9H,8H2,1H3,(H,20,22). The summed E-state index contributed by atoms with van der Waals surface area (Å²) < 4.78 is 14.8. The van der Waals surface area contributed by atoms with Gasteiger partial charge in [-0.25, -0.2) is 9.37 Å². The lowest BCUT2D eigenvalue weighted by Crippen LogP contribution is -2.22. The monoisotopic (exact) mass is 317 g/mol. The molecule has 0 radical (unpaired) electrons. The van der Waals surface area contributed by atoms with Crippen molar-refractivity contribution in [3.8, 4) is 0 Å². The van der Waals surface area contributed by atoms with Gasteiger partial charge in [0.2, 0.25) is 0 Å². The molecule has 0 unspecified atom stereocenters. The van der Waals surface area contributed by atoms with Crippen LogP contribution in [0.3, 0.4) is 0 Å². The molecule has 0 saturated heterocycles. The predicted molar refractivity (Wildman–Crippen MR) is 83.3 cm³/mol.